The maximum Gasteiger partial charge on any atom is 0.0683 e. The Morgan fingerprint density at radius 2 is 1.81 bits per heavy atom. The molecule has 1 aliphatic heterocycles. The molecule has 0 radical (unpaired) electrons. The lowest BCUT2D eigenvalue weighted by atomic mass is 9.67. The van der Waals surface area contributed by atoms with Crippen LogP contribution < -0.4 is 5.73 Å². The summed E-state index contributed by atoms with van der Waals surface area (Å²) in [5, 5.41) is 0. The zero-order valence-electron chi connectivity index (χ0n) is 13.9. The molecule has 0 aromatic heterocycles. The van der Waals surface area contributed by atoms with E-state index in [2.05, 4.69) is 52.0 Å². The Morgan fingerprint density at radius 1 is 1.10 bits per heavy atom. The van der Waals surface area contributed by atoms with Gasteiger partial charge in [-0.05, 0) is 64.5 Å². The number of benzene rings is 1. The zero-order valence-corrected chi connectivity index (χ0v) is 13.9. The van der Waals surface area contributed by atoms with Crippen molar-refractivity contribution < 1.29 is 4.74 Å². The number of aryl methyl sites for hydroxylation is 1. The molecule has 3 rings (SSSR count). The molecule has 2 unspecified atom stereocenters. The molecule has 1 heterocycles. The predicted molar refractivity (Wildman–Crippen MR) is 87.2 cm³/mol. The van der Waals surface area contributed by atoms with Crippen molar-refractivity contribution in [2.24, 2.45) is 11.7 Å². The van der Waals surface area contributed by atoms with Gasteiger partial charge in [-0.2, -0.15) is 0 Å². The fourth-order valence-corrected chi connectivity index (χ4v) is 4.79. The first kappa shape index (κ1) is 15.1. The predicted octanol–water partition coefficient (Wildman–Crippen LogP) is 4.16. The van der Waals surface area contributed by atoms with Crippen molar-refractivity contribution in [3.8, 4) is 0 Å². The van der Waals surface area contributed by atoms with Crippen molar-refractivity contribution in [3.05, 3.63) is 35.4 Å². The summed E-state index contributed by atoms with van der Waals surface area (Å²) in [5.74, 6) is 0.360. The average molecular weight is 287 g/mol. The average Bonchev–Trinajstić information content (AvgIpc) is 2.54. The molecule has 2 N–H and O–H groups in total. The molecule has 21 heavy (non-hydrogen) atoms. The minimum atomic E-state index is -0.260. The molecule has 0 amide bonds. The van der Waals surface area contributed by atoms with Crippen LogP contribution in [0.4, 0.5) is 0 Å². The highest BCUT2D eigenvalue weighted by molar-refractivity contribution is 5.36. The third-order valence-corrected chi connectivity index (χ3v) is 5.50. The van der Waals surface area contributed by atoms with Crippen LogP contribution in [-0.4, -0.2) is 11.2 Å². The van der Waals surface area contributed by atoms with E-state index in [1.165, 1.54) is 24.0 Å². The fourth-order valence-electron chi connectivity index (χ4n) is 4.79. The maximum atomic E-state index is 7.09. The van der Waals surface area contributed by atoms with E-state index in [1.807, 2.05) is 0 Å². The van der Waals surface area contributed by atoms with Gasteiger partial charge in [0.1, 0.15) is 0 Å². The van der Waals surface area contributed by atoms with Crippen LogP contribution in [0.25, 0.3) is 0 Å². The minimum absolute atomic E-state index is 0.0816. The van der Waals surface area contributed by atoms with Gasteiger partial charge in [0.25, 0.3) is 0 Å². The molecule has 0 spiro atoms. The zero-order chi connectivity index (χ0) is 15.3. The second-order valence-electron chi connectivity index (χ2n) is 8.13. The molecule has 2 nitrogen and oxygen atoms in total. The SMILES string of the molecule is CC1(C)CC(C2(N)CCCCc3ccccc32)C(C)(C)O1. The highest BCUT2D eigenvalue weighted by Crippen LogP contribution is 2.52. The molecule has 116 valence electrons. The number of fused-ring (bicyclic) bond motifs is 1. The summed E-state index contributed by atoms with van der Waals surface area (Å²) in [7, 11) is 0. The lowest BCUT2D eigenvalue weighted by Crippen LogP contribution is -2.51. The molecule has 1 fully saturated rings. The third-order valence-electron chi connectivity index (χ3n) is 5.50. The highest BCUT2D eigenvalue weighted by atomic mass is 16.5. The second-order valence-corrected chi connectivity index (χ2v) is 8.13. The number of rotatable bonds is 1. The van der Waals surface area contributed by atoms with Crippen LogP contribution in [-0.2, 0) is 16.7 Å². The van der Waals surface area contributed by atoms with E-state index in [4.69, 9.17) is 10.5 Å². The smallest absolute Gasteiger partial charge is 0.0683 e. The molecule has 2 heteroatoms. The van der Waals surface area contributed by atoms with Gasteiger partial charge in [-0.3, -0.25) is 0 Å². The summed E-state index contributed by atoms with van der Waals surface area (Å²) in [6.45, 7) is 8.82. The summed E-state index contributed by atoms with van der Waals surface area (Å²) in [6, 6.07) is 8.79. The van der Waals surface area contributed by atoms with Crippen LogP contribution in [0.5, 0.6) is 0 Å². The lowest BCUT2D eigenvalue weighted by molar-refractivity contribution is -0.0829. The molecular weight excluding hydrogens is 258 g/mol. The van der Waals surface area contributed by atoms with Gasteiger partial charge in [0.2, 0.25) is 0 Å². The van der Waals surface area contributed by atoms with Crippen molar-refractivity contribution in [1.82, 2.24) is 0 Å². The molecule has 1 aliphatic carbocycles. The van der Waals surface area contributed by atoms with Crippen LogP contribution in [0.1, 0.15) is 64.5 Å². The normalized spacial score (nSPS) is 34.2. The molecule has 1 saturated heterocycles. The Labute approximate surface area is 129 Å². The van der Waals surface area contributed by atoms with Crippen molar-refractivity contribution in [2.75, 3.05) is 0 Å². The summed E-state index contributed by atoms with van der Waals surface area (Å²) in [6.07, 6.45) is 5.71. The molecule has 2 atom stereocenters. The van der Waals surface area contributed by atoms with Crippen LogP contribution in [0.15, 0.2) is 24.3 Å². The van der Waals surface area contributed by atoms with Crippen LogP contribution >= 0.6 is 0 Å². The first-order valence-electron chi connectivity index (χ1n) is 8.32. The standard InChI is InChI=1S/C19H29NO/c1-17(2)13-16(18(3,4)21-17)19(20)12-8-7-10-14-9-5-6-11-15(14)19/h5-6,9,11,16H,7-8,10,12-13,20H2,1-4H3. The van der Waals surface area contributed by atoms with Crippen molar-refractivity contribution in [2.45, 2.75) is 76.5 Å². The van der Waals surface area contributed by atoms with Gasteiger partial charge >= 0.3 is 0 Å². The molecule has 0 saturated carbocycles. The summed E-state index contributed by atoms with van der Waals surface area (Å²) in [4.78, 5) is 0. The second kappa shape index (κ2) is 4.82. The van der Waals surface area contributed by atoms with E-state index < -0.39 is 0 Å². The van der Waals surface area contributed by atoms with Gasteiger partial charge in [0, 0.05) is 11.5 Å². The first-order valence-corrected chi connectivity index (χ1v) is 8.32. The van der Waals surface area contributed by atoms with E-state index in [9.17, 15) is 0 Å². The molecule has 0 bridgehead atoms. The first-order chi connectivity index (χ1) is 9.75. The molecular formula is C19H29NO. The fraction of sp³-hybridized carbons (Fsp3) is 0.684. The molecule has 1 aromatic rings. The Hall–Kier alpha value is -0.860. The van der Waals surface area contributed by atoms with Crippen LogP contribution in [0.2, 0.25) is 0 Å². The van der Waals surface area contributed by atoms with Gasteiger partial charge in [-0.1, -0.05) is 30.7 Å². The Kier molecular flexibility index (Phi) is 3.46. The molecule has 1 aromatic carbocycles. The van der Waals surface area contributed by atoms with E-state index in [-0.39, 0.29) is 16.7 Å². The number of nitrogens with two attached hydrogens (primary N) is 1. The van der Waals surface area contributed by atoms with Gasteiger partial charge in [-0.15, -0.1) is 0 Å². The Bertz CT molecular complexity index is 534. The quantitative estimate of drug-likeness (QED) is 0.787. The number of ether oxygens (including phenoxy) is 1. The van der Waals surface area contributed by atoms with Gasteiger partial charge in [0.05, 0.1) is 11.2 Å². The summed E-state index contributed by atoms with van der Waals surface area (Å²) in [5.41, 5.74) is 9.39. The molecule has 2 aliphatic rings. The largest absolute Gasteiger partial charge is 0.369 e. The van der Waals surface area contributed by atoms with E-state index >= 15 is 0 Å². The number of hydrogen-bond donors (Lipinski definition) is 1. The minimum Gasteiger partial charge on any atom is -0.369 e. The number of hydrogen-bond acceptors (Lipinski definition) is 2. The van der Waals surface area contributed by atoms with Crippen molar-refractivity contribution in [3.63, 3.8) is 0 Å². The summed E-state index contributed by atoms with van der Waals surface area (Å²) >= 11 is 0. The van der Waals surface area contributed by atoms with E-state index in [0.29, 0.717) is 5.92 Å². The van der Waals surface area contributed by atoms with Crippen molar-refractivity contribution >= 4 is 0 Å². The van der Waals surface area contributed by atoms with E-state index in [1.54, 1.807) is 0 Å². The van der Waals surface area contributed by atoms with Gasteiger partial charge in [-0.25, -0.2) is 0 Å². The van der Waals surface area contributed by atoms with Crippen molar-refractivity contribution in [1.29, 1.82) is 0 Å². The Balaban J connectivity index is 2.08. The Morgan fingerprint density at radius 3 is 2.48 bits per heavy atom. The third kappa shape index (κ3) is 2.53. The highest BCUT2D eigenvalue weighted by Gasteiger charge is 2.54. The monoisotopic (exact) mass is 287 g/mol. The van der Waals surface area contributed by atoms with Crippen LogP contribution in [0, 0.1) is 5.92 Å². The summed E-state index contributed by atoms with van der Waals surface area (Å²) < 4.78 is 6.34. The van der Waals surface area contributed by atoms with Gasteiger partial charge < -0.3 is 10.5 Å². The van der Waals surface area contributed by atoms with Crippen LogP contribution in [0.3, 0.4) is 0 Å². The van der Waals surface area contributed by atoms with Gasteiger partial charge in [0.15, 0.2) is 0 Å². The lowest BCUT2D eigenvalue weighted by Gasteiger charge is -2.42. The topological polar surface area (TPSA) is 35.2 Å². The maximum absolute atomic E-state index is 7.09. The van der Waals surface area contributed by atoms with E-state index in [0.717, 1.165) is 19.3 Å².